The van der Waals surface area contributed by atoms with Crippen LogP contribution in [0.15, 0.2) is 33.9 Å². The molecule has 10 heteroatoms. The molecule has 10 nitrogen and oxygen atoms in total. The van der Waals surface area contributed by atoms with Crippen LogP contribution in [0, 0.1) is 0 Å². The Morgan fingerprint density at radius 3 is 2.88 bits per heavy atom. The van der Waals surface area contributed by atoms with Crippen LogP contribution in [0.1, 0.15) is 5.56 Å². The number of nitrogens with one attached hydrogen (secondary N) is 2. The lowest BCUT2D eigenvalue weighted by Gasteiger charge is -2.08. The summed E-state index contributed by atoms with van der Waals surface area (Å²) >= 11 is 0. The standard InChI is InChI=1S/C16H17N5O5/c1-25-11(22)8-9-3-2-4-10(7-9)26-6-5-21-14-12(18-16(21)24)13(17)19-15(23)20-14/h2-4,7H,5-6,8H2,1H3,(H,18,24)(H3,17,19,20,23). The number of nitrogens with two attached hydrogens (primary N) is 1. The summed E-state index contributed by atoms with van der Waals surface area (Å²) in [5, 5.41) is 0. The molecule has 3 aromatic rings. The van der Waals surface area contributed by atoms with Gasteiger partial charge in [0.1, 0.15) is 23.7 Å². The number of methoxy groups -OCH3 is 1. The van der Waals surface area contributed by atoms with Gasteiger partial charge in [0.05, 0.1) is 20.1 Å². The zero-order valence-electron chi connectivity index (χ0n) is 13.9. The molecule has 0 amide bonds. The summed E-state index contributed by atoms with van der Waals surface area (Å²) in [6.45, 7) is 0.318. The number of fused-ring (bicyclic) bond motifs is 1. The molecule has 0 fully saturated rings. The van der Waals surface area contributed by atoms with E-state index in [1.165, 1.54) is 11.7 Å². The molecule has 0 aliphatic heterocycles. The van der Waals surface area contributed by atoms with Crippen molar-refractivity contribution < 1.29 is 14.3 Å². The van der Waals surface area contributed by atoms with E-state index in [1.807, 2.05) is 0 Å². The lowest BCUT2D eigenvalue weighted by atomic mass is 10.1. The number of nitrogens with zero attached hydrogens (tertiary/aromatic N) is 2. The van der Waals surface area contributed by atoms with E-state index in [4.69, 9.17) is 10.5 Å². The predicted molar refractivity (Wildman–Crippen MR) is 93.0 cm³/mol. The third kappa shape index (κ3) is 3.58. The summed E-state index contributed by atoms with van der Waals surface area (Å²) < 4.78 is 11.5. The summed E-state index contributed by atoms with van der Waals surface area (Å²) in [4.78, 5) is 43.5. The van der Waals surface area contributed by atoms with Gasteiger partial charge in [-0.05, 0) is 17.7 Å². The Balaban J connectivity index is 1.73. The number of aromatic nitrogens is 4. The molecule has 4 N–H and O–H groups in total. The Bertz CT molecular complexity index is 1060. The number of rotatable bonds is 6. The molecule has 0 aliphatic carbocycles. The minimum Gasteiger partial charge on any atom is -0.492 e. The first kappa shape index (κ1) is 17.3. The van der Waals surface area contributed by atoms with Gasteiger partial charge < -0.3 is 20.2 Å². The Hall–Kier alpha value is -3.56. The monoisotopic (exact) mass is 359 g/mol. The summed E-state index contributed by atoms with van der Waals surface area (Å²) in [6, 6.07) is 7.00. The largest absolute Gasteiger partial charge is 0.492 e. The van der Waals surface area contributed by atoms with Crippen molar-refractivity contribution in [3.63, 3.8) is 0 Å². The van der Waals surface area contributed by atoms with E-state index in [-0.39, 0.29) is 42.5 Å². The number of carbonyl (C=O) groups excluding carboxylic acids is 1. The van der Waals surface area contributed by atoms with Crippen LogP contribution < -0.4 is 21.9 Å². The summed E-state index contributed by atoms with van der Waals surface area (Å²) in [5.41, 5.74) is 5.78. The van der Waals surface area contributed by atoms with Gasteiger partial charge in [-0.3, -0.25) is 14.3 Å². The highest BCUT2D eigenvalue weighted by molar-refractivity contribution is 5.81. The number of ether oxygens (including phenoxy) is 2. The van der Waals surface area contributed by atoms with E-state index >= 15 is 0 Å². The van der Waals surface area contributed by atoms with Gasteiger partial charge in [-0.25, -0.2) is 9.59 Å². The number of carbonyl (C=O) groups is 1. The fourth-order valence-corrected chi connectivity index (χ4v) is 2.51. The van der Waals surface area contributed by atoms with E-state index in [0.29, 0.717) is 5.75 Å². The van der Waals surface area contributed by atoms with Crippen LogP contribution in [0.5, 0.6) is 5.75 Å². The zero-order chi connectivity index (χ0) is 18.7. The molecular formula is C16H17N5O5. The molecular weight excluding hydrogens is 342 g/mol. The summed E-state index contributed by atoms with van der Waals surface area (Å²) in [6.07, 6.45) is 0.140. The molecule has 0 spiro atoms. The van der Waals surface area contributed by atoms with Crippen molar-refractivity contribution in [3.8, 4) is 5.75 Å². The molecule has 136 valence electrons. The number of hydrogen-bond acceptors (Lipinski definition) is 7. The topological polar surface area (TPSA) is 145 Å². The van der Waals surface area contributed by atoms with Crippen LogP contribution in [0.3, 0.4) is 0 Å². The molecule has 2 aromatic heterocycles. The second kappa shape index (κ2) is 7.13. The van der Waals surface area contributed by atoms with Crippen molar-refractivity contribution in [2.75, 3.05) is 19.5 Å². The number of H-pyrrole nitrogens is 2. The van der Waals surface area contributed by atoms with E-state index in [0.717, 1.165) is 5.56 Å². The molecule has 0 aliphatic rings. The quantitative estimate of drug-likeness (QED) is 0.516. The van der Waals surface area contributed by atoms with Crippen LogP contribution in [0.4, 0.5) is 5.82 Å². The Labute approximate surface area is 146 Å². The second-order valence-corrected chi connectivity index (χ2v) is 5.48. The Morgan fingerprint density at radius 2 is 2.12 bits per heavy atom. The fourth-order valence-electron chi connectivity index (χ4n) is 2.51. The average molecular weight is 359 g/mol. The van der Waals surface area contributed by atoms with Crippen molar-refractivity contribution in [2.45, 2.75) is 13.0 Å². The highest BCUT2D eigenvalue weighted by Crippen LogP contribution is 2.15. The number of hydrogen-bond donors (Lipinski definition) is 3. The lowest BCUT2D eigenvalue weighted by molar-refractivity contribution is -0.139. The third-order valence-electron chi connectivity index (χ3n) is 3.73. The van der Waals surface area contributed by atoms with Crippen LogP contribution >= 0.6 is 0 Å². The van der Waals surface area contributed by atoms with Crippen molar-refractivity contribution >= 4 is 23.0 Å². The van der Waals surface area contributed by atoms with Gasteiger partial charge in [-0.2, -0.15) is 4.98 Å². The molecule has 0 saturated heterocycles. The second-order valence-electron chi connectivity index (χ2n) is 5.48. The number of imidazole rings is 1. The van der Waals surface area contributed by atoms with Gasteiger partial charge in [0.25, 0.3) is 0 Å². The van der Waals surface area contributed by atoms with Gasteiger partial charge in [0, 0.05) is 0 Å². The first-order chi connectivity index (χ1) is 12.5. The van der Waals surface area contributed by atoms with Gasteiger partial charge in [0.2, 0.25) is 0 Å². The van der Waals surface area contributed by atoms with Crippen molar-refractivity contribution in [2.24, 2.45) is 0 Å². The van der Waals surface area contributed by atoms with E-state index in [2.05, 4.69) is 19.7 Å². The van der Waals surface area contributed by atoms with Crippen molar-refractivity contribution in [1.82, 2.24) is 19.5 Å². The maximum absolute atomic E-state index is 12.0. The average Bonchev–Trinajstić information content (AvgIpc) is 2.91. The number of benzene rings is 1. The smallest absolute Gasteiger partial charge is 0.348 e. The molecule has 0 saturated carbocycles. The first-order valence-corrected chi connectivity index (χ1v) is 7.75. The zero-order valence-corrected chi connectivity index (χ0v) is 13.9. The summed E-state index contributed by atoms with van der Waals surface area (Å²) in [5.74, 6) is 0.248. The number of aromatic amines is 2. The van der Waals surface area contributed by atoms with Gasteiger partial charge >= 0.3 is 17.3 Å². The molecule has 2 heterocycles. The molecule has 0 radical (unpaired) electrons. The maximum atomic E-state index is 12.0. The third-order valence-corrected chi connectivity index (χ3v) is 3.73. The van der Waals surface area contributed by atoms with Crippen molar-refractivity contribution in [3.05, 3.63) is 50.8 Å². The highest BCUT2D eigenvalue weighted by Gasteiger charge is 2.12. The first-order valence-electron chi connectivity index (χ1n) is 7.75. The number of anilines is 1. The van der Waals surface area contributed by atoms with Crippen molar-refractivity contribution in [1.29, 1.82) is 0 Å². The summed E-state index contributed by atoms with van der Waals surface area (Å²) in [7, 11) is 1.33. The predicted octanol–water partition coefficient (Wildman–Crippen LogP) is -0.210. The molecule has 3 rings (SSSR count). The molecule has 1 aromatic carbocycles. The Kier molecular flexibility index (Phi) is 4.74. The fraction of sp³-hybridized carbons (Fsp3) is 0.250. The van der Waals surface area contributed by atoms with Gasteiger partial charge in [0.15, 0.2) is 5.65 Å². The van der Waals surface area contributed by atoms with Crippen LogP contribution in [0.25, 0.3) is 11.2 Å². The molecule has 0 unspecified atom stereocenters. The minimum atomic E-state index is -0.640. The van der Waals surface area contributed by atoms with E-state index in [9.17, 15) is 14.4 Å². The molecule has 0 bridgehead atoms. The normalized spacial score (nSPS) is 10.8. The number of esters is 1. The lowest BCUT2D eigenvalue weighted by Crippen LogP contribution is -2.22. The van der Waals surface area contributed by atoms with Crippen LogP contribution in [-0.4, -0.2) is 39.2 Å². The molecule has 0 atom stereocenters. The van der Waals surface area contributed by atoms with Crippen LogP contribution in [-0.2, 0) is 22.5 Å². The van der Waals surface area contributed by atoms with E-state index in [1.54, 1.807) is 24.3 Å². The van der Waals surface area contributed by atoms with E-state index < -0.39 is 11.4 Å². The van der Waals surface area contributed by atoms with Crippen LogP contribution in [0.2, 0.25) is 0 Å². The minimum absolute atomic E-state index is 0.0484. The van der Waals surface area contributed by atoms with Gasteiger partial charge in [-0.15, -0.1) is 0 Å². The maximum Gasteiger partial charge on any atom is 0.348 e. The SMILES string of the molecule is COC(=O)Cc1cccc(OCCn2c(=O)[nH]c3c(N)[nH]c(=O)nc32)c1. The number of nitrogen functional groups attached to an aromatic ring is 1. The van der Waals surface area contributed by atoms with Gasteiger partial charge in [-0.1, -0.05) is 12.1 Å². The molecule has 26 heavy (non-hydrogen) atoms. The Morgan fingerprint density at radius 1 is 1.31 bits per heavy atom. The highest BCUT2D eigenvalue weighted by atomic mass is 16.5.